The molecule has 2 rings (SSSR count). The van der Waals surface area contributed by atoms with E-state index in [9.17, 15) is 0 Å². The van der Waals surface area contributed by atoms with Gasteiger partial charge in [-0.05, 0) is 36.7 Å². The van der Waals surface area contributed by atoms with Crippen molar-refractivity contribution < 1.29 is 4.74 Å². The zero-order chi connectivity index (χ0) is 14.5. The van der Waals surface area contributed by atoms with Crippen molar-refractivity contribution in [3.05, 3.63) is 29.5 Å². The number of benzene rings is 1. The molecule has 0 amide bonds. The number of ether oxygens (including phenoxy) is 1. The van der Waals surface area contributed by atoms with Crippen molar-refractivity contribution >= 4 is 28.9 Å². The van der Waals surface area contributed by atoms with Crippen LogP contribution in [0.1, 0.15) is 6.92 Å². The Hall–Kier alpha value is -2.08. The number of hydrogen-bond acceptors (Lipinski definition) is 6. The van der Waals surface area contributed by atoms with Gasteiger partial charge in [0.2, 0.25) is 11.2 Å². The third kappa shape index (κ3) is 3.71. The van der Waals surface area contributed by atoms with Gasteiger partial charge >= 0.3 is 6.01 Å². The van der Waals surface area contributed by atoms with Crippen molar-refractivity contribution in [1.82, 2.24) is 15.0 Å². The Morgan fingerprint density at radius 2 is 2.05 bits per heavy atom. The lowest BCUT2D eigenvalue weighted by molar-refractivity contribution is 0.312. The molecule has 0 aliphatic heterocycles. The van der Waals surface area contributed by atoms with Crippen LogP contribution in [0.5, 0.6) is 6.01 Å². The third-order valence-corrected chi connectivity index (χ3v) is 2.65. The molecule has 0 saturated carbocycles. The minimum Gasteiger partial charge on any atom is -0.464 e. The lowest BCUT2D eigenvalue weighted by Gasteiger charge is -2.14. The van der Waals surface area contributed by atoms with Crippen LogP contribution in [0.25, 0.3) is 0 Å². The molecule has 106 valence electrons. The molecule has 0 saturated heterocycles. The van der Waals surface area contributed by atoms with Crippen molar-refractivity contribution in [3.8, 4) is 6.01 Å². The van der Waals surface area contributed by atoms with Crippen LogP contribution in [-0.2, 0) is 0 Å². The molecule has 0 bridgehead atoms. The van der Waals surface area contributed by atoms with Gasteiger partial charge in [0, 0.05) is 25.5 Å². The fourth-order valence-electron chi connectivity index (χ4n) is 1.57. The summed E-state index contributed by atoms with van der Waals surface area (Å²) < 4.78 is 5.23. The van der Waals surface area contributed by atoms with E-state index in [0.29, 0.717) is 12.6 Å². The van der Waals surface area contributed by atoms with E-state index in [2.05, 4.69) is 20.3 Å². The highest BCUT2D eigenvalue weighted by Crippen LogP contribution is 2.21. The largest absolute Gasteiger partial charge is 0.464 e. The standard InChI is InChI=1S/C13H16ClN5O/c1-4-20-13-17-11(14)16-12(18-13)15-9-6-5-7-10(8-9)19(2)3/h5-8H,4H2,1-3H3,(H,15,16,17,18). The molecule has 1 N–H and O–H groups in total. The molecule has 7 heteroatoms. The van der Waals surface area contributed by atoms with Gasteiger partial charge in [0.05, 0.1) is 6.61 Å². The first-order valence-electron chi connectivity index (χ1n) is 6.17. The molecular weight excluding hydrogens is 278 g/mol. The normalized spacial score (nSPS) is 10.2. The fourth-order valence-corrected chi connectivity index (χ4v) is 1.72. The van der Waals surface area contributed by atoms with Crippen LogP contribution >= 0.6 is 11.6 Å². The summed E-state index contributed by atoms with van der Waals surface area (Å²) in [5.74, 6) is 0.351. The number of nitrogens with zero attached hydrogens (tertiary/aromatic N) is 4. The van der Waals surface area contributed by atoms with Crippen molar-refractivity contribution in [3.63, 3.8) is 0 Å². The Morgan fingerprint density at radius 3 is 2.75 bits per heavy atom. The van der Waals surface area contributed by atoms with E-state index in [1.165, 1.54) is 0 Å². The predicted octanol–water partition coefficient (Wildman–Crippen LogP) is 2.73. The third-order valence-electron chi connectivity index (χ3n) is 2.48. The zero-order valence-electron chi connectivity index (χ0n) is 11.6. The highest BCUT2D eigenvalue weighted by molar-refractivity contribution is 6.28. The van der Waals surface area contributed by atoms with E-state index in [1.807, 2.05) is 50.2 Å². The van der Waals surface area contributed by atoms with E-state index >= 15 is 0 Å². The maximum Gasteiger partial charge on any atom is 0.322 e. The lowest BCUT2D eigenvalue weighted by atomic mass is 10.2. The maximum absolute atomic E-state index is 5.84. The Balaban J connectivity index is 2.23. The van der Waals surface area contributed by atoms with E-state index < -0.39 is 0 Å². The van der Waals surface area contributed by atoms with Crippen molar-refractivity contribution in [2.24, 2.45) is 0 Å². The topological polar surface area (TPSA) is 63.2 Å². The molecule has 0 fully saturated rings. The number of rotatable bonds is 5. The first-order valence-corrected chi connectivity index (χ1v) is 6.55. The Morgan fingerprint density at radius 1 is 1.25 bits per heavy atom. The van der Waals surface area contributed by atoms with Crippen LogP contribution < -0.4 is 15.0 Å². The van der Waals surface area contributed by atoms with Gasteiger partial charge in [0.15, 0.2) is 0 Å². The van der Waals surface area contributed by atoms with Crippen molar-refractivity contribution in [2.75, 3.05) is 30.9 Å². The molecule has 0 unspecified atom stereocenters. The van der Waals surface area contributed by atoms with Crippen molar-refractivity contribution in [2.45, 2.75) is 6.92 Å². The molecule has 0 radical (unpaired) electrons. The molecule has 1 heterocycles. The number of hydrogen-bond donors (Lipinski definition) is 1. The van der Waals surface area contributed by atoms with Gasteiger partial charge in [-0.2, -0.15) is 15.0 Å². The summed E-state index contributed by atoms with van der Waals surface area (Å²) in [5, 5.41) is 3.18. The summed E-state index contributed by atoms with van der Waals surface area (Å²) >= 11 is 5.84. The van der Waals surface area contributed by atoms with Crippen LogP contribution in [0.4, 0.5) is 17.3 Å². The van der Waals surface area contributed by atoms with Gasteiger partial charge in [-0.25, -0.2) is 0 Å². The first kappa shape index (κ1) is 14.3. The van der Waals surface area contributed by atoms with Gasteiger partial charge in [-0.1, -0.05) is 6.07 Å². The van der Waals surface area contributed by atoms with E-state index in [-0.39, 0.29) is 11.3 Å². The Labute approximate surface area is 122 Å². The summed E-state index contributed by atoms with van der Waals surface area (Å²) in [6, 6.07) is 8.07. The summed E-state index contributed by atoms with van der Waals surface area (Å²) in [6.07, 6.45) is 0. The maximum atomic E-state index is 5.84. The number of anilines is 3. The number of aromatic nitrogens is 3. The SMILES string of the molecule is CCOc1nc(Cl)nc(Nc2cccc(N(C)C)c2)n1. The smallest absolute Gasteiger partial charge is 0.322 e. The molecule has 0 atom stereocenters. The zero-order valence-corrected chi connectivity index (χ0v) is 12.3. The quantitative estimate of drug-likeness (QED) is 0.914. The summed E-state index contributed by atoms with van der Waals surface area (Å²) in [6.45, 7) is 2.32. The van der Waals surface area contributed by atoms with Gasteiger partial charge in [-0.15, -0.1) is 0 Å². The highest BCUT2D eigenvalue weighted by Gasteiger charge is 2.06. The molecule has 1 aromatic carbocycles. The molecule has 20 heavy (non-hydrogen) atoms. The minimum atomic E-state index is 0.0923. The van der Waals surface area contributed by atoms with Crippen LogP contribution in [0, 0.1) is 0 Å². The van der Waals surface area contributed by atoms with Gasteiger partial charge in [0.25, 0.3) is 0 Å². The molecule has 1 aromatic heterocycles. The van der Waals surface area contributed by atoms with E-state index in [0.717, 1.165) is 11.4 Å². The van der Waals surface area contributed by atoms with Gasteiger partial charge in [0.1, 0.15) is 0 Å². The lowest BCUT2D eigenvalue weighted by Crippen LogP contribution is -2.09. The Bertz CT molecular complexity index is 591. The minimum absolute atomic E-state index is 0.0923. The molecule has 0 spiro atoms. The Kier molecular flexibility index (Phi) is 4.57. The van der Waals surface area contributed by atoms with Crippen LogP contribution in [-0.4, -0.2) is 35.7 Å². The van der Waals surface area contributed by atoms with Gasteiger partial charge in [-0.3, -0.25) is 0 Å². The number of nitrogens with one attached hydrogen (secondary N) is 1. The highest BCUT2D eigenvalue weighted by atomic mass is 35.5. The van der Waals surface area contributed by atoms with Gasteiger partial charge < -0.3 is 15.0 Å². The van der Waals surface area contributed by atoms with E-state index in [1.54, 1.807) is 0 Å². The molecule has 6 nitrogen and oxygen atoms in total. The van der Waals surface area contributed by atoms with Crippen LogP contribution in [0.2, 0.25) is 5.28 Å². The van der Waals surface area contributed by atoms with Crippen molar-refractivity contribution in [1.29, 1.82) is 0 Å². The summed E-state index contributed by atoms with van der Waals surface area (Å²) in [7, 11) is 3.96. The number of halogens is 1. The van der Waals surface area contributed by atoms with Crippen LogP contribution in [0.15, 0.2) is 24.3 Å². The second-order valence-corrected chi connectivity index (χ2v) is 4.55. The average Bonchev–Trinajstić information content (AvgIpc) is 2.38. The first-order chi connectivity index (χ1) is 9.58. The molecule has 0 aliphatic carbocycles. The second kappa shape index (κ2) is 6.38. The average molecular weight is 294 g/mol. The molecule has 2 aromatic rings. The van der Waals surface area contributed by atoms with E-state index in [4.69, 9.17) is 16.3 Å². The second-order valence-electron chi connectivity index (χ2n) is 4.21. The summed E-state index contributed by atoms with van der Waals surface area (Å²) in [5.41, 5.74) is 1.93. The summed E-state index contributed by atoms with van der Waals surface area (Å²) in [4.78, 5) is 14.1. The molecule has 0 aliphatic rings. The van der Waals surface area contributed by atoms with Crippen LogP contribution in [0.3, 0.4) is 0 Å². The predicted molar refractivity (Wildman–Crippen MR) is 80.1 cm³/mol. The monoisotopic (exact) mass is 293 g/mol. The molecular formula is C13H16ClN5O. The fraction of sp³-hybridized carbons (Fsp3) is 0.308.